The maximum Gasteiger partial charge on any atom is 0.184 e. The van der Waals surface area contributed by atoms with Crippen LogP contribution in [0.4, 0.5) is 8.78 Å². The van der Waals surface area contributed by atoms with Crippen LogP contribution in [-0.2, 0) is 9.59 Å². The molecule has 4 aliphatic rings. The lowest BCUT2D eigenvalue weighted by molar-refractivity contribution is -0.192. The third-order valence-electron chi connectivity index (χ3n) is 7.65. The molecule has 2 fully saturated rings. The maximum atomic E-state index is 16.7. The Hall–Kier alpha value is -1.66. The predicted octanol–water partition coefficient (Wildman–Crippen LogP) is 2.40. The lowest BCUT2D eigenvalue weighted by Gasteiger charge is -2.62. The van der Waals surface area contributed by atoms with E-state index in [0.717, 1.165) is 6.08 Å². The second-order valence-corrected chi connectivity index (χ2v) is 8.79. The number of hydrogen-bond acceptors (Lipinski definition) is 4. The van der Waals surface area contributed by atoms with E-state index in [2.05, 4.69) is 0 Å². The number of Topliss-reactive ketones (excluding diaryl/α,β-unsaturated/α-hetero) is 1. The molecule has 0 heterocycles. The molecule has 0 aromatic rings. The number of aliphatic hydroxyl groups is 2. The molecule has 0 amide bonds. The Labute approximate surface area is 156 Å². The molecule has 0 spiro atoms. The normalized spacial score (nSPS) is 48.3. The smallest absolute Gasteiger partial charge is 0.184 e. The van der Waals surface area contributed by atoms with Crippen LogP contribution in [0.25, 0.3) is 0 Å². The van der Waals surface area contributed by atoms with Crippen molar-refractivity contribution in [3.8, 4) is 0 Å². The van der Waals surface area contributed by atoms with Gasteiger partial charge in [-0.15, -0.1) is 0 Å². The number of ketones is 2. The number of aliphatic hydroxyl groups excluding tert-OH is 2. The molecule has 0 radical (unpaired) electrons. The van der Waals surface area contributed by atoms with Gasteiger partial charge >= 0.3 is 0 Å². The fraction of sp³-hybridized carbons (Fsp3) is 0.619. The summed E-state index contributed by atoms with van der Waals surface area (Å²) in [6.07, 6.45) is 2.91. The van der Waals surface area contributed by atoms with Gasteiger partial charge in [0.1, 0.15) is 12.8 Å². The molecular formula is C21H24F2O4. The van der Waals surface area contributed by atoms with Crippen molar-refractivity contribution < 1.29 is 28.6 Å². The summed E-state index contributed by atoms with van der Waals surface area (Å²) in [5.74, 6) is -1.96. The zero-order valence-corrected chi connectivity index (χ0v) is 15.4. The average Bonchev–Trinajstić information content (AvgIpc) is 2.95. The molecule has 2 saturated carbocycles. The fourth-order valence-electron chi connectivity index (χ4n) is 6.29. The molecule has 0 bridgehead atoms. The average molecular weight is 378 g/mol. The van der Waals surface area contributed by atoms with Crippen LogP contribution in [-0.4, -0.2) is 46.3 Å². The minimum Gasteiger partial charge on any atom is -0.390 e. The quantitative estimate of drug-likeness (QED) is 0.774. The van der Waals surface area contributed by atoms with Crippen molar-refractivity contribution in [2.45, 2.75) is 51.1 Å². The van der Waals surface area contributed by atoms with Gasteiger partial charge in [0.05, 0.1) is 6.10 Å². The van der Waals surface area contributed by atoms with E-state index in [9.17, 15) is 19.8 Å². The molecule has 146 valence electrons. The van der Waals surface area contributed by atoms with Crippen LogP contribution in [0.3, 0.4) is 0 Å². The van der Waals surface area contributed by atoms with E-state index in [-0.39, 0.29) is 30.1 Å². The first-order chi connectivity index (χ1) is 12.6. The van der Waals surface area contributed by atoms with E-state index in [1.807, 2.05) is 0 Å². The Morgan fingerprint density at radius 3 is 2.70 bits per heavy atom. The number of carbonyl (C=O) groups excluding carboxylic acids is 2. The first kappa shape index (κ1) is 18.7. The molecule has 7 atom stereocenters. The molecule has 2 N–H and O–H groups in total. The van der Waals surface area contributed by atoms with E-state index in [0.29, 0.717) is 12.0 Å². The minimum atomic E-state index is -2.13. The van der Waals surface area contributed by atoms with E-state index >= 15 is 8.78 Å². The summed E-state index contributed by atoms with van der Waals surface area (Å²) in [5.41, 5.74) is -3.84. The number of carbonyl (C=O) groups is 2. The lowest BCUT2D eigenvalue weighted by atomic mass is 9.45. The summed E-state index contributed by atoms with van der Waals surface area (Å²) < 4.78 is 31.8. The molecule has 0 saturated heterocycles. The van der Waals surface area contributed by atoms with Gasteiger partial charge in [-0.25, -0.2) is 8.78 Å². The zero-order chi connectivity index (χ0) is 19.8. The summed E-state index contributed by atoms with van der Waals surface area (Å²) in [4.78, 5) is 23.9. The van der Waals surface area contributed by atoms with E-state index in [4.69, 9.17) is 0 Å². The van der Waals surface area contributed by atoms with E-state index in [1.54, 1.807) is 19.9 Å². The molecule has 4 aliphatic carbocycles. The second-order valence-electron chi connectivity index (χ2n) is 8.79. The van der Waals surface area contributed by atoms with Crippen LogP contribution in [0.15, 0.2) is 35.5 Å². The van der Waals surface area contributed by atoms with Gasteiger partial charge in [-0.1, -0.05) is 19.1 Å². The van der Waals surface area contributed by atoms with Crippen molar-refractivity contribution in [3.05, 3.63) is 35.5 Å². The Bertz CT molecular complexity index is 815. The van der Waals surface area contributed by atoms with Crippen LogP contribution < -0.4 is 0 Å². The third kappa shape index (κ3) is 2.14. The molecule has 27 heavy (non-hydrogen) atoms. The SMILES string of the molecule is CC12CC(O)C3(F)C(CC(F)C4=CC(=O)C=CC43C)C1CC=C2C(=O)CO. The summed E-state index contributed by atoms with van der Waals surface area (Å²) in [7, 11) is 0. The number of hydrogen-bond donors (Lipinski definition) is 2. The van der Waals surface area contributed by atoms with Crippen LogP contribution in [0.2, 0.25) is 0 Å². The van der Waals surface area contributed by atoms with Crippen LogP contribution >= 0.6 is 0 Å². The predicted molar refractivity (Wildman–Crippen MR) is 94.2 cm³/mol. The maximum absolute atomic E-state index is 16.7. The largest absolute Gasteiger partial charge is 0.390 e. The highest BCUT2D eigenvalue weighted by molar-refractivity contribution is 6.01. The van der Waals surface area contributed by atoms with Crippen molar-refractivity contribution in [2.75, 3.05) is 6.61 Å². The zero-order valence-electron chi connectivity index (χ0n) is 15.4. The van der Waals surface area contributed by atoms with Crippen LogP contribution in [0.5, 0.6) is 0 Å². The topological polar surface area (TPSA) is 74.6 Å². The Kier molecular flexibility index (Phi) is 3.93. The third-order valence-corrected chi connectivity index (χ3v) is 7.65. The number of fused-ring (bicyclic) bond motifs is 5. The van der Waals surface area contributed by atoms with Crippen molar-refractivity contribution in [3.63, 3.8) is 0 Å². The number of rotatable bonds is 2. The Morgan fingerprint density at radius 2 is 2.04 bits per heavy atom. The standard InChI is InChI=1S/C21H24F2O4/c1-19-9-18(27)21(23)14(12(19)3-4-13(19)17(26)10-24)8-16(22)15-7-11(25)5-6-20(15,21)2/h4-7,12,14,16,18,24,27H,3,8-10H2,1-2H3. The second kappa shape index (κ2) is 5.67. The summed E-state index contributed by atoms with van der Waals surface area (Å²) in [5, 5.41) is 20.2. The molecule has 0 aromatic heterocycles. The molecule has 7 unspecified atom stereocenters. The van der Waals surface area contributed by atoms with Crippen molar-refractivity contribution in [1.82, 2.24) is 0 Å². The molecule has 0 aromatic carbocycles. The molecule has 4 nitrogen and oxygen atoms in total. The van der Waals surface area contributed by atoms with Gasteiger partial charge in [0.2, 0.25) is 0 Å². The fourth-order valence-corrected chi connectivity index (χ4v) is 6.29. The number of allylic oxidation sites excluding steroid dienone is 5. The first-order valence-corrected chi connectivity index (χ1v) is 9.40. The van der Waals surface area contributed by atoms with E-state index in [1.165, 1.54) is 12.2 Å². The van der Waals surface area contributed by atoms with Gasteiger partial charge in [0.25, 0.3) is 0 Å². The van der Waals surface area contributed by atoms with E-state index < -0.39 is 47.1 Å². The number of alkyl halides is 2. The van der Waals surface area contributed by atoms with Crippen LogP contribution in [0, 0.1) is 22.7 Å². The molecular weight excluding hydrogens is 354 g/mol. The highest BCUT2D eigenvalue weighted by Crippen LogP contribution is 2.68. The van der Waals surface area contributed by atoms with Crippen molar-refractivity contribution >= 4 is 11.6 Å². The monoisotopic (exact) mass is 378 g/mol. The Balaban J connectivity index is 1.82. The van der Waals surface area contributed by atoms with Gasteiger partial charge in [0, 0.05) is 16.7 Å². The molecule has 4 rings (SSSR count). The van der Waals surface area contributed by atoms with Gasteiger partial charge < -0.3 is 10.2 Å². The highest BCUT2D eigenvalue weighted by Gasteiger charge is 2.71. The summed E-state index contributed by atoms with van der Waals surface area (Å²) in [6.45, 7) is 2.71. The van der Waals surface area contributed by atoms with Crippen molar-refractivity contribution in [2.24, 2.45) is 22.7 Å². The Morgan fingerprint density at radius 1 is 1.33 bits per heavy atom. The minimum absolute atomic E-state index is 0.0177. The van der Waals surface area contributed by atoms with Gasteiger partial charge in [-0.3, -0.25) is 9.59 Å². The van der Waals surface area contributed by atoms with Crippen LogP contribution in [0.1, 0.15) is 33.1 Å². The number of halogens is 2. The van der Waals surface area contributed by atoms with Crippen molar-refractivity contribution in [1.29, 1.82) is 0 Å². The highest BCUT2D eigenvalue weighted by atomic mass is 19.1. The van der Waals surface area contributed by atoms with Gasteiger partial charge in [-0.2, -0.15) is 0 Å². The first-order valence-electron chi connectivity index (χ1n) is 9.40. The summed E-state index contributed by atoms with van der Waals surface area (Å²) in [6, 6.07) is 0. The summed E-state index contributed by atoms with van der Waals surface area (Å²) >= 11 is 0. The lowest BCUT2D eigenvalue weighted by Crippen LogP contribution is -2.68. The molecule has 6 heteroatoms. The van der Waals surface area contributed by atoms with Gasteiger partial charge in [-0.05, 0) is 55.4 Å². The molecule has 0 aliphatic heterocycles. The van der Waals surface area contributed by atoms with Gasteiger partial charge in [0.15, 0.2) is 17.2 Å².